The second-order valence-electron chi connectivity index (χ2n) is 14.2. The highest BCUT2D eigenvalue weighted by Crippen LogP contribution is 2.63. The zero-order valence-corrected chi connectivity index (χ0v) is 27.9. The van der Waals surface area contributed by atoms with Crippen LogP contribution in [0, 0.1) is 0 Å². The Bertz CT molecular complexity index is 3020. The Labute approximate surface area is 294 Å². The number of hydrogen-bond acceptors (Lipinski definition) is 1. The number of benzene rings is 7. The molecule has 0 aliphatic heterocycles. The minimum absolute atomic E-state index is 0.422. The summed E-state index contributed by atoms with van der Waals surface area (Å²) < 4.78 is 9.02. The summed E-state index contributed by atoms with van der Waals surface area (Å²) in [5.41, 5.74) is 17.0. The van der Waals surface area contributed by atoms with Gasteiger partial charge in [0.2, 0.25) is 0 Å². The Hall–Kier alpha value is -6.38. The molecule has 0 atom stereocenters. The fourth-order valence-corrected chi connectivity index (χ4v) is 9.89. The number of aromatic nitrogens is 1. The number of nitrogens with zero attached hydrogens (tertiary/aromatic N) is 1. The van der Waals surface area contributed by atoms with Crippen molar-refractivity contribution >= 4 is 45.0 Å². The maximum atomic E-state index is 6.45. The average Bonchev–Trinajstić information content (AvgIpc) is 3.92. The van der Waals surface area contributed by atoms with Crippen LogP contribution in [0.25, 0.3) is 84.1 Å². The van der Waals surface area contributed by atoms with E-state index in [9.17, 15) is 0 Å². The molecule has 0 N–H and O–H groups in total. The molecule has 0 saturated carbocycles. The highest BCUT2D eigenvalue weighted by atomic mass is 16.3. The number of hydrogen-bond donors (Lipinski definition) is 0. The van der Waals surface area contributed by atoms with Crippen molar-refractivity contribution in [2.24, 2.45) is 0 Å². The molecular weight excluding hydrogens is 619 g/mol. The van der Waals surface area contributed by atoms with Crippen molar-refractivity contribution in [3.63, 3.8) is 0 Å². The first-order chi connectivity index (χ1) is 25.3. The third-order valence-corrected chi connectivity index (χ3v) is 11.9. The summed E-state index contributed by atoms with van der Waals surface area (Å²) in [6.07, 6.45) is 7.01. The number of rotatable bonds is 2. The molecule has 2 nitrogen and oxygen atoms in total. The minimum atomic E-state index is -0.422. The Morgan fingerprint density at radius 3 is 1.82 bits per heavy atom. The molecule has 1 spiro atoms. The lowest BCUT2D eigenvalue weighted by atomic mass is 9.70. The zero-order chi connectivity index (χ0) is 33.3. The second kappa shape index (κ2) is 9.87. The van der Waals surface area contributed by atoms with E-state index < -0.39 is 5.41 Å². The van der Waals surface area contributed by atoms with Gasteiger partial charge in [-0.3, -0.25) is 0 Å². The Morgan fingerprint density at radius 1 is 0.471 bits per heavy atom. The van der Waals surface area contributed by atoms with Crippen LogP contribution >= 0.6 is 0 Å². The SMILES string of the molecule is C1=c2c(n(-c3ccc(-c4cccc5c4oc4ccccc45)cc3)c3c4c(ccc23)-c2ccccc2C42c3ccccc3-c3ccccc32)=CCC1. The average molecular weight is 650 g/mol. The molecule has 9 aromatic rings. The molecule has 7 aromatic carbocycles. The van der Waals surface area contributed by atoms with Gasteiger partial charge in [0.25, 0.3) is 0 Å². The van der Waals surface area contributed by atoms with E-state index in [2.05, 4.69) is 162 Å². The summed E-state index contributed by atoms with van der Waals surface area (Å²) in [5, 5.41) is 6.27. The summed E-state index contributed by atoms with van der Waals surface area (Å²) in [4.78, 5) is 0. The van der Waals surface area contributed by atoms with Gasteiger partial charge in [0.05, 0.1) is 10.9 Å². The van der Waals surface area contributed by atoms with Gasteiger partial charge in [-0.1, -0.05) is 146 Å². The standard InChI is InChI=1S/C49H31NO/c1-6-19-41-33(12-1)34-13-2-7-20-42(34)49(41)43-21-8-3-14-35(43)38-28-29-39-36-15-4-9-22-44(36)50(47(39)46(38)49)31-26-24-30(25-27-31)32-17-11-18-40-37-16-5-10-23-45(37)51-48(32)40/h1-3,5-8,10-29H,4,9H2. The summed E-state index contributed by atoms with van der Waals surface area (Å²) >= 11 is 0. The molecule has 12 rings (SSSR count). The first-order valence-corrected chi connectivity index (χ1v) is 18.0. The predicted molar refractivity (Wildman–Crippen MR) is 210 cm³/mol. The van der Waals surface area contributed by atoms with Crippen molar-refractivity contribution in [1.29, 1.82) is 0 Å². The van der Waals surface area contributed by atoms with Crippen molar-refractivity contribution < 1.29 is 4.42 Å². The van der Waals surface area contributed by atoms with E-state index >= 15 is 0 Å². The monoisotopic (exact) mass is 649 g/mol. The Morgan fingerprint density at radius 2 is 1.08 bits per heavy atom. The first-order valence-electron chi connectivity index (χ1n) is 18.0. The molecule has 3 aliphatic carbocycles. The summed E-state index contributed by atoms with van der Waals surface area (Å²) in [5.74, 6) is 0. The van der Waals surface area contributed by atoms with Gasteiger partial charge >= 0.3 is 0 Å². The minimum Gasteiger partial charge on any atom is -0.455 e. The highest BCUT2D eigenvalue weighted by Gasteiger charge is 2.53. The lowest BCUT2D eigenvalue weighted by molar-refractivity contribution is 0.670. The number of fused-ring (bicyclic) bond motifs is 17. The molecule has 2 aromatic heterocycles. The zero-order valence-electron chi connectivity index (χ0n) is 27.9. The summed E-state index contributed by atoms with van der Waals surface area (Å²) in [6.45, 7) is 0. The van der Waals surface area contributed by atoms with Crippen molar-refractivity contribution in [3.05, 3.63) is 184 Å². The van der Waals surface area contributed by atoms with E-state index in [0.29, 0.717) is 0 Å². The lowest BCUT2D eigenvalue weighted by Crippen LogP contribution is -2.30. The largest absolute Gasteiger partial charge is 0.455 e. The first kappa shape index (κ1) is 27.4. The van der Waals surface area contributed by atoms with E-state index in [-0.39, 0.29) is 0 Å². The second-order valence-corrected chi connectivity index (χ2v) is 14.2. The predicted octanol–water partition coefficient (Wildman–Crippen LogP) is 10.9. The molecule has 2 heteroatoms. The van der Waals surface area contributed by atoms with E-state index in [1.807, 2.05) is 6.07 Å². The van der Waals surface area contributed by atoms with Gasteiger partial charge < -0.3 is 8.98 Å². The van der Waals surface area contributed by atoms with Crippen LogP contribution in [-0.2, 0) is 5.41 Å². The van der Waals surface area contributed by atoms with Crippen LogP contribution in [0.2, 0.25) is 0 Å². The van der Waals surface area contributed by atoms with Gasteiger partial charge in [0, 0.05) is 43.5 Å². The summed E-state index contributed by atoms with van der Waals surface area (Å²) in [6, 6.07) is 56.1. The van der Waals surface area contributed by atoms with Crippen LogP contribution in [-0.4, -0.2) is 4.57 Å². The number of furan rings is 1. The third kappa shape index (κ3) is 3.38. The molecule has 0 fully saturated rings. The quantitative estimate of drug-likeness (QED) is 0.182. The van der Waals surface area contributed by atoms with Gasteiger partial charge in [0.15, 0.2) is 0 Å². The van der Waals surface area contributed by atoms with Crippen molar-refractivity contribution in [3.8, 4) is 39.1 Å². The van der Waals surface area contributed by atoms with Crippen molar-refractivity contribution in [1.82, 2.24) is 4.57 Å². The lowest BCUT2D eigenvalue weighted by Gasteiger charge is -2.31. The van der Waals surface area contributed by atoms with Gasteiger partial charge in [-0.25, -0.2) is 0 Å². The molecule has 0 radical (unpaired) electrons. The normalized spacial score (nSPS) is 14.6. The maximum absolute atomic E-state index is 6.45. The molecule has 51 heavy (non-hydrogen) atoms. The molecular formula is C49H31NO. The van der Waals surface area contributed by atoms with Crippen molar-refractivity contribution in [2.75, 3.05) is 0 Å². The van der Waals surface area contributed by atoms with Gasteiger partial charge in [0.1, 0.15) is 11.2 Å². The van der Waals surface area contributed by atoms with Crippen LogP contribution in [0.1, 0.15) is 35.1 Å². The van der Waals surface area contributed by atoms with Gasteiger partial charge in [-0.15, -0.1) is 0 Å². The highest BCUT2D eigenvalue weighted by molar-refractivity contribution is 6.09. The van der Waals surface area contributed by atoms with Crippen LogP contribution in [0.5, 0.6) is 0 Å². The third-order valence-electron chi connectivity index (χ3n) is 11.9. The van der Waals surface area contributed by atoms with Crippen molar-refractivity contribution in [2.45, 2.75) is 18.3 Å². The summed E-state index contributed by atoms with van der Waals surface area (Å²) in [7, 11) is 0. The topological polar surface area (TPSA) is 18.1 Å². The molecule has 238 valence electrons. The van der Waals surface area contributed by atoms with E-state index in [4.69, 9.17) is 4.42 Å². The maximum Gasteiger partial charge on any atom is 0.143 e. The van der Waals surface area contributed by atoms with Gasteiger partial charge in [-0.05, 0) is 75.5 Å². The molecule has 3 aliphatic rings. The van der Waals surface area contributed by atoms with Crippen LogP contribution in [0.15, 0.2) is 156 Å². The number of para-hydroxylation sites is 2. The Balaban J connectivity index is 1.17. The molecule has 0 unspecified atom stereocenters. The van der Waals surface area contributed by atoms with Crippen LogP contribution in [0.4, 0.5) is 0 Å². The fraction of sp³-hybridized carbons (Fsp3) is 0.0612. The Kier molecular flexibility index (Phi) is 5.31. The van der Waals surface area contributed by atoms with Crippen LogP contribution < -0.4 is 10.6 Å². The molecule has 0 amide bonds. The smallest absolute Gasteiger partial charge is 0.143 e. The van der Waals surface area contributed by atoms with E-state index in [1.165, 1.54) is 71.7 Å². The molecule has 0 bridgehead atoms. The van der Waals surface area contributed by atoms with E-state index in [0.717, 1.165) is 45.9 Å². The molecule has 2 heterocycles. The fourth-order valence-electron chi connectivity index (χ4n) is 9.89. The van der Waals surface area contributed by atoms with Crippen LogP contribution in [0.3, 0.4) is 0 Å². The molecule has 0 saturated heterocycles. The van der Waals surface area contributed by atoms with Gasteiger partial charge in [-0.2, -0.15) is 0 Å². The van der Waals surface area contributed by atoms with E-state index in [1.54, 1.807) is 0 Å².